The Hall–Kier alpha value is -4.25. The van der Waals surface area contributed by atoms with E-state index in [0.29, 0.717) is 11.3 Å². The fraction of sp³-hybridized carbons (Fsp3) is 0.265. The van der Waals surface area contributed by atoms with Crippen molar-refractivity contribution < 1.29 is 19.1 Å². The van der Waals surface area contributed by atoms with Gasteiger partial charge < -0.3 is 4.74 Å². The van der Waals surface area contributed by atoms with Gasteiger partial charge in [0, 0.05) is 11.8 Å². The number of ether oxygens (including phenoxy) is 1. The zero-order chi connectivity index (χ0) is 27.4. The molecule has 1 heterocycles. The van der Waals surface area contributed by atoms with E-state index >= 15 is 0 Å². The lowest BCUT2D eigenvalue weighted by molar-refractivity contribution is -0.122. The number of carbonyl (C=O) groups is 3. The zero-order valence-corrected chi connectivity index (χ0v) is 22.5. The number of esters is 1. The maximum absolute atomic E-state index is 13.9. The Morgan fingerprint density at radius 3 is 1.74 bits per heavy atom. The van der Waals surface area contributed by atoms with Gasteiger partial charge in [-0.2, -0.15) is 0 Å². The molecule has 0 unspecified atom stereocenters. The molecular formula is C34H31NO4. The summed E-state index contributed by atoms with van der Waals surface area (Å²) in [5.74, 6) is -2.12. The van der Waals surface area contributed by atoms with Crippen LogP contribution >= 0.6 is 0 Å². The van der Waals surface area contributed by atoms with Crippen LogP contribution in [0.2, 0.25) is 0 Å². The van der Waals surface area contributed by atoms with Crippen molar-refractivity contribution in [2.24, 2.45) is 23.7 Å². The van der Waals surface area contributed by atoms with E-state index in [0.717, 1.165) is 22.3 Å². The highest BCUT2D eigenvalue weighted by molar-refractivity contribution is 6.23. The molecule has 2 bridgehead atoms. The first-order valence-corrected chi connectivity index (χ1v) is 13.5. The number of nitrogens with zero attached hydrogens (tertiary/aromatic N) is 1. The van der Waals surface area contributed by atoms with E-state index in [1.165, 1.54) is 16.0 Å². The van der Waals surface area contributed by atoms with Crippen molar-refractivity contribution in [2.75, 3.05) is 4.90 Å². The van der Waals surface area contributed by atoms with E-state index in [1.54, 1.807) is 38.1 Å². The van der Waals surface area contributed by atoms with Crippen molar-refractivity contribution >= 4 is 29.0 Å². The topological polar surface area (TPSA) is 63.7 Å². The van der Waals surface area contributed by atoms with E-state index in [1.807, 2.05) is 0 Å². The monoisotopic (exact) mass is 517 g/mol. The number of fused-ring (bicyclic) bond motifs is 5. The molecule has 0 N–H and O–H groups in total. The Morgan fingerprint density at radius 1 is 0.744 bits per heavy atom. The third-order valence-corrected chi connectivity index (χ3v) is 8.07. The largest absolute Gasteiger partial charge is 0.459 e. The standard InChI is InChI=1S/C34H31NO4/c1-19(2)39-34(38)24-6-5-7-25(18-24)35-32(36)30-26-16-17-27(31(30)33(35)37)29(26)28(22-12-8-20(3)9-13-22)23-14-10-21(4)11-15-23/h5-19,26-27,30-31H,1-4H3/t26-,27-,30-,31-/m1/s1. The van der Waals surface area contributed by atoms with Gasteiger partial charge in [0.15, 0.2) is 0 Å². The van der Waals surface area contributed by atoms with Gasteiger partial charge in [-0.1, -0.05) is 77.9 Å². The lowest BCUT2D eigenvalue weighted by atomic mass is 9.85. The summed E-state index contributed by atoms with van der Waals surface area (Å²) >= 11 is 0. The minimum Gasteiger partial charge on any atom is -0.459 e. The number of imide groups is 1. The van der Waals surface area contributed by atoms with Gasteiger partial charge >= 0.3 is 5.97 Å². The molecule has 1 saturated carbocycles. The highest BCUT2D eigenvalue weighted by atomic mass is 16.5. The van der Waals surface area contributed by atoms with Crippen LogP contribution < -0.4 is 4.90 Å². The molecular weight excluding hydrogens is 486 g/mol. The molecule has 4 atom stereocenters. The first-order valence-electron chi connectivity index (χ1n) is 13.5. The van der Waals surface area contributed by atoms with Crippen molar-refractivity contribution in [2.45, 2.75) is 33.8 Å². The number of allylic oxidation sites excluding steroid dienone is 3. The first kappa shape index (κ1) is 25.1. The molecule has 6 rings (SSSR count). The quantitative estimate of drug-likeness (QED) is 0.227. The second kappa shape index (κ2) is 9.49. The van der Waals surface area contributed by atoms with Gasteiger partial charge in [-0.25, -0.2) is 9.69 Å². The van der Waals surface area contributed by atoms with Crippen LogP contribution in [-0.2, 0) is 14.3 Å². The summed E-state index contributed by atoms with van der Waals surface area (Å²) in [6, 6.07) is 23.5. The second-order valence-corrected chi connectivity index (χ2v) is 11.1. The SMILES string of the molecule is Cc1ccc(C(=C2[C@H]3C=C[C@H]2[C@H]2C(=O)N(c4cccc(C(=O)OC(C)C)c4)C(=O)[C@@H]23)c2ccc(C)cc2)cc1. The molecule has 2 fully saturated rings. The normalized spacial score (nSPS) is 23.1. The predicted octanol–water partition coefficient (Wildman–Crippen LogP) is 6.29. The zero-order valence-electron chi connectivity index (χ0n) is 22.5. The van der Waals surface area contributed by atoms with E-state index < -0.39 is 17.8 Å². The van der Waals surface area contributed by atoms with Gasteiger partial charge in [-0.15, -0.1) is 0 Å². The second-order valence-electron chi connectivity index (χ2n) is 11.1. The summed E-state index contributed by atoms with van der Waals surface area (Å²) in [4.78, 5) is 41.6. The molecule has 3 aromatic rings. The fourth-order valence-corrected chi connectivity index (χ4v) is 6.35. The molecule has 5 heteroatoms. The van der Waals surface area contributed by atoms with Crippen LogP contribution in [0.25, 0.3) is 5.57 Å². The molecule has 0 spiro atoms. The number of hydrogen-bond donors (Lipinski definition) is 0. The molecule has 0 radical (unpaired) electrons. The van der Waals surface area contributed by atoms with Crippen molar-refractivity contribution in [3.8, 4) is 0 Å². The van der Waals surface area contributed by atoms with Crippen molar-refractivity contribution in [3.63, 3.8) is 0 Å². The van der Waals surface area contributed by atoms with Gasteiger partial charge in [0.1, 0.15) is 0 Å². The maximum atomic E-state index is 13.9. The summed E-state index contributed by atoms with van der Waals surface area (Å²) in [5, 5.41) is 0. The molecule has 1 aliphatic heterocycles. The van der Waals surface area contributed by atoms with Crippen LogP contribution in [0.15, 0.2) is 90.5 Å². The number of amides is 2. The van der Waals surface area contributed by atoms with E-state index in [2.05, 4.69) is 74.5 Å². The number of carbonyl (C=O) groups excluding carboxylic acids is 3. The Kier molecular flexibility index (Phi) is 6.10. The van der Waals surface area contributed by atoms with Crippen molar-refractivity contribution in [1.82, 2.24) is 0 Å². The van der Waals surface area contributed by atoms with E-state index in [9.17, 15) is 14.4 Å². The summed E-state index contributed by atoms with van der Waals surface area (Å²) in [7, 11) is 0. The number of anilines is 1. The third-order valence-electron chi connectivity index (χ3n) is 8.07. The smallest absolute Gasteiger partial charge is 0.338 e. The van der Waals surface area contributed by atoms with Gasteiger partial charge in [-0.3, -0.25) is 9.59 Å². The fourth-order valence-electron chi connectivity index (χ4n) is 6.35. The molecule has 2 amide bonds. The van der Waals surface area contributed by atoms with Crippen molar-refractivity contribution in [3.05, 3.63) is 118 Å². The molecule has 39 heavy (non-hydrogen) atoms. The summed E-state index contributed by atoms with van der Waals surface area (Å²) in [6.07, 6.45) is 3.95. The van der Waals surface area contributed by atoms with Crippen LogP contribution in [0, 0.1) is 37.5 Å². The summed E-state index contributed by atoms with van der Waals surface area (Å²) < 4.78 is 5.32. The van der Waals surface area contributed by atoms with Gasteiger partial charge in [0.05, 0.1) is 29.2 Å². The predicted molar refractivity (Wildman–Crippen MR) is 151 cm³/mol. The molecule has 196 valence electrons. The Labute approximate surface area is 228 Å². The molecule has 3 aromatic carbocycles. The molecule has 2 aliphatic carbocycles. The average Bonchev–Trinajstić information content (AvgIpc) is 3.55. The Bertz CT molecular complexity index is 1460. The van der Waals surface area contributed by atoms with Crippen LogP contribution in [0.5, 0.6) is 0 Å². The van der Waals surface area contributed by atoms with Crippen LogP contribution in [-0.4, -0.2) is 23.9 Å². The number of benzene rings is 3. The van der Waals surface area contributed by atoms with Gasteiger partial charge in [-0.05, 0) is 68.2 Å². The third kappa shape index (κ3) is 4.13. The highest BCUT2D eigenvalue weighted by Crippen LogP contribution is 2.58. The average molecular weight is 518 g/mol. The molecule has 1 saturated heterocycles. The maximum Gasteiger partial charge on any atom is 0.338 e. The van der Waals surface area contributed by atoms with Crippen LogP contribution in [0.4, 0.5) is 5.69 Å². The summed E-state index contributed by atoms with van der Waals surface area (Å²) in [6.45, 7) is 7.70. The Balaban J connectivity index is 1.41. The first-order chi connectivity index (χ1) is 18.7. The minimum absolute atomic E-state index is 0.159. The van der Waals surface area contributed by atoms with Gasteiger partial charge in [0.2, 0.25) is 11.8 Å². The summed E-state index contributed by atoms with van der Waals surface area (Å²) in [5.41, 5.74) is 7.52. The van der Waals surface area contributed by atoms with Crippen LogP contribution in [0.1, 0.15) is 46.5 Å². The van der Waals surface area contributed by atoms with E-state index in [-0.39, 0.29) is 29.8 Å². The highest BCUT2D eigenvalue weighted by Gasteiger charge is 2.62. The number of rotatable bonds is 5. The minimum atomic E-state index is -0.473. The Morgan fingerprint density at radius 2 is 1.26 bits per heavy atom. The number of aryl methyl sites for hydroxylation is 2. The molecule has 5 nitrogen and oxygen atoms in total. The van der Waals surface area contributed by atoms with Crippen molar-refractivity contribution in [1.29, 1.82) is 0 Å². The lowest BCUT2D eigenvalue weighted by Gasteiger charge is -2.22. The van der Waals surface area contributed by atoms with Crippen LogP contribution in [0.3, 0.4) is 0 Å². The molecule has 0 aromatic heterocycles. The lowest BCUT2D eigenvalue weighted by Crippen LogP contribution is -2.33. The number of hydrogen-bond acceptors (Lipinski definition) is 4. The van der Waals surface area contributed by atoms with Gasteiger partial charge in [0.25, 0.3) is 0 Å². The molecule has 3 aliphatic rings. The van der Waals surface area contributed by atoms with E-state index in [4.69, 9.17) is 4.74 Å².